The fourth-order valence-corrected chi connectivity index (χ4v) is 1.98. The standard InChI is InChI=1S/C14H16N2O3/c1-10(8-15)9-16(2)14(17)11-4-3-5-12-13(11)19-7-6-18-12/h3-5,10H,6-7,9H2,1-2H3. The highest BCUT2D eigenvalue weighted by Crippen LogP contribution is 2.34. The number of hydrogen-bond donors (Lipinski definition) is 0. The van der Waals surface area contributed by atoms with Gasteiger partial charge in [-0.25, -0.2) is 0 Å². The lowest BCUT2D eigenvalue weighted by molar-refractivity contribution is 0.0774. The molecule has 0 fully saturated rings. The predicted octanol–water partition coefficient (Wildman–Crippen LogP) is 1.69. The summed E-state index contributed by atoms with van der Waals surface area (Å²) in [6, 6.07) is 7.37. The van der Waals surface area contributed by atoms with E-state index in [-0.39, 0.29) is 11.8 Å². The fourth-order valence-electron chi connectivity index (χ4n) is 1.98. The number of nitriles is 1. The number of carbonyl (C=O) groups is 1. The molecule has 5 nitrogen and oxygen atoms in total. The maximum Gasteiger partial charge on any atom is 0.257 e. The van der Waals surface area contributed by atoms with Crippen LogP contribution in [0.4, 0.5) is 0 Å². The van der Waals surface area contributed by atoms with Crippen molar-refractivity contribution in [2.45, 2.75) is 6.92 Å². The normalized spacial score (nSPS) is 14.4. The summed E-state index contributed by atoms with van der Waals surface area (Å²) >= 11 is 0. The molecule has 1 amide bonds. The molecule has 19 heavy (non-hydrogen) atoms. The van der Waals surface area contributed by atoms with E-state index in [0.717, 1.165) is 0 Å². The Hall–Kier alpha value is -2.22. The molecule has 0 spiro atoms. The molecule has 1 aliphatic heterocycles. The van der Waals surface area contributed by atoms with Gasteiger partial charge < -0.3 is 14.4 Å². The third-order valence-electron chi connectivity index (χ3n) is 2.91. The number of rotatable bonds is 3. The average Bonchev–Trinajstić information content (AvgIpc) is 2.45. The van der Waals surface area contributed by atoms with Crippen molar-refractivity contribution in [1.82, 2.24) is 4.90 Å². The molecular weight excluding hydrogens is 244 g/mol. The molecular formula is C14H16N2O3. The molecule has 0 aliphatic carbocycles. The highest BCUT2D eigenvalue weighted by molar-refractivity contribution is 5.97. The van der Waals surface area contributed by atoms with Gasteiger partial charge in [0.05, 0.1) is 17.6 Å². The number of carbonyl (C=O) groups excluding carboxylic acids is 1. The second-order valence-electron chi connectivity index (χ2n) is 4.55. The Balaban J connectivity index is 2.22. The number of para-hydroxylation sites is 1. The number of amides is 1. The predicted molar refractivity (Wildman–Crippen MR) is 69.2 cm³/mol. The van der Waals surface area contributed by atoms with Crippen LogP contribution in [0.15, 0.2) is 18.2 Å². The number of fused-ring (bicyclic) bond motifs is 1. The van der Waals surface area contributed by atoms with Crippen LogP contribution in [0.25, 0.3) is 0 Å². The molecule has 1 aromatic rings. The van der Waals surface area contributed by atoms with E-state index < -0.39 is 0 Å². The second kappa shape index (κ2) is 5.61. The molecule has 0 saturated carbocycles. The Morgan fingerprint density at radius 1 is 1.47 bits per heavy atom. The smallest absolute Gasteiger partial charge is 0.257 e. The quantitative estimate of drug-likeness (QED) is 0.829. The Morgan fingerprint density at radius 2 is 2.21 bits per heavy atom. The first-order valence-electron chi connectivity index (χ1n) is 6.17. The minimum Gasteiger partial charge on any atom is -0.486 e. The van der Waals surface area contributed by atoms with Crippen LogP contribution in [0.5, 0.6) is 11.5 Å². The molecule has 0 bridgehead atoms. The van der Waals surface area contributed by atoms with Gasteiger partial charge in [0.1, 0.15) is 13.2 Å². The van der Waals surface area contributed by atoms with Crippen LogP contribution < -0.4 is 9.47 Å². The summed E-state index contributed by atoms with van der Waals surface area (Å²) in [6.45, 7) is 3.10. The summed E-state index contributed by atoms with van der Waals surface area (Å²) in [5.74, 6) is 0.726. The van der Waals surface area contributed by atoms with E-state index in [2.05, 4.69) is 6.07 Å². The number of hydrogen-bond acceptors (Lipinski definition) is 4. The first kappa shape index (κ1) is 13.2. The minimum absolute atomic E-state index is 0.163. The third kappa shape index (κ3) is 2.79. The van der Waals surface area contributed by atoms with Crippen molar-refractivity contribution in [3.63, 3.8) is 0 Å². The van der Waals surface area contributed by atoms with Crippen LogP contribution in [-0.2, 0) is 0 Å². The van der Waals surface area contributed by atoms with Crippen LogP contribution in [0.2, 0.25) is 0 Å². The molecule has 1 atom stereocenters. The molecule has 1 aromatic carbocycles. The van der Waals surface area contributed by atoms with E-state index in [4.69, 9.17) is 14.7 Å². The summed E-state index contributed by atoms with van der Waals surface area (Å²) in [5.41, 5.74) is 0.477. The summed E-state index contributed by atoms with van der Waals surface area (Å²) in [4.78, 5) is 13.9. The van der Waals surface area contributed by atoms with Crippen LogP contribution in [0, 0.1) is 17.2 Å². The van der Waals surface area contributed by atoms with E-state index >= 15 is 0 Å². The first-order chi connectivity index (χ1) is 9.13. The monoisotopic (exact) mass is 260 g/mol. The number of nitrogens with zero attached hydrogens (tertiary/aromatic N) is 2. The lowest BCUT2D eigenvalue weighted by atomic mass is 10.1. The van der Waals surface area contributed by atoms with E-state index in [1.807, 2.05) is 0 Å². The van der Waals surface area contributed by atoms with Crippen molar-refractivity contribution >= 4 is 5.91 Å². The molecule has 100 valence electrons. The SMILES string of the molecule is CC(C#N)CN(C)C(=O)c1cccc2c1OCCO2. The van der Waals surface area contributed by atoms with Gasteiger partial charge in [0.25, 0.3) is 5.91 Å². The zero-order valence-electron chi connectivity index (χ0n) is 11.0. The van der Waals surface area contributed by atoms with Crippen molar-refractivity contribution in [2.75, 3.05) is 26.8 Å². The summed E-state index contributed by atoms with van der Waals surface area (Å²) in [6.07, 6.45) is 0. The van der Waals surface area contributed by atoms with E-state index in [0.29, 0.717) is 36.8 Å². The Kier molecular flexibility index (Phi) is 3.91. The molecule has 0 aromatic heterocycles. The van der Waals surface area contributed by atoms with Gasteiger partial charge in [-0.15, -0.1) is 0 Å². The molecule has 1 unspecified atom stereocenters. The zero-order valence-corrected chi connectivity index (χ0v) is 11.0. The topological polar surface area (TPSA) is 62.6 Å². The van der Waals surface area contributed by atoms with Crippen molar-refractivity contribution in [2.24, 2.45) is 5.92 Å². The maximum absolute atomic E-state index is 12.3. The highest BCUT2D eigenvalue weighted by Gasteiger charge is 2.23. The van der Waals surface area contributed by atoms with Gasteiger partial charge in [-0.3, -0.25) is 4.79 Å². The van der Waals surface area contributed by atoms with Crippen LogP contribution >= 0.6 is 0 Å². The Bertz CT molecular complexity index is 522. The van der Waals surface area contributed by atoms with Gasteiger partial charge in [0, 0.05) is 13.6 Å². The molecule has 1 aliphatic rings. The van der Waals surface area contributed by atoms with E-state index in [9.17, 15) is 4.79 Å². The minimum atomic E-state index is -0.203. The lowest BCUT2D eigenvalue weighted by Crippen LogP contribution is -2.31. The maximum atomic E-state index is 12.3. The molecule has 5 heteroatoms. The van der Waals surface area contributed by atoms with Gasteiger partial charge in [0.15, 0.2) is 11.5 Å². The van der Waals surface area contributed by atoms with Gasteiger partial charge in [-0.2, -0.15) is 5.26 Å². The van der Waals surface area contributed by atoms with E-state index in [1.54, 1.807) is 32.2 Å². The summed E-state index contributed by atoms with van der Waals surface area (Å²) in [7, 11) is 1.68. The van der Waals surface area contributed by atoms with Crippen molar-refractivity contribution in [1.29, 1.82) is 5.26 Å². The largest absolute Gasteiger partial charge is 0.486 e. The molecule has 0 N–H and O–H groups in total. The zero-order chi connectivity index (χ0) is 13.8. The highest BCUT2D eigenvalue weighted by atomic mass is 16.6. The number of ether oxygens (including phenoxy) is 2. The summed E-state index contributed by atoms with van der Waals surface area (Å²) in [5, 5.41) is 8.80. The van der Waals surface area contributed by atoms with Gasteiger partial charge in [-0.05, 0) is 19.1 Å². The van der Waals surface area contributed by atoms with Crippen molar-refractivity contribution < 1.29 is 14.3 Å². The van der Waals surface area contributed by atoms with Crippen LogP contribution in [0.1, 0.15) is 17.3 Å². The van der Waals surface area contributed by atoms with E-state index in [1.165, 1.54) is 4.90 Å². The van der Waals surface area contributed by atoms with Crippen LogP contribution in [0.3, 0.4) is 0 Å². The molecule has 1 heterocycles. The van der Waals surface area contributed by atoms with Crippen molar-refractivity contribution in [3.05, 3.63) is 23.8 Å². The van der Waals surface area contributed by atoms with Crippen LogP contribution in [-0.4, -0.2) is 37.6 Å². The second-order valence-corrected chi connectivity index (χ2v) is 4.55. The number of benzene rings is 1. The van der Waals surface area contributed by atoms with Crippen molar-refractivity contribution in [3.8, 4) is 17.6 Å². The summed E-state index contributed by atoms with van der Waals surface area (Å²) < 4.78 is 11.0. The Morgan fingerprint density at radius 3 is 2.95 bits per heavy atom. The molecule has 0 radical (unpaired) electrons. The molecule has 2 rings (SSSR count). The molecule has 0 saturated heterocycles. The fraction of sp³-hybridized carbons (Fsp3) is 0.429. The lowest BCUT2D eigenvalue weighted by Gasteiger charge is -2.23. The first-order valence-corrected chi connectivity index (χ1v) is 6.17. The third-order valence-corrected chi connectivity index (χ3v) is 2.91. The van der Waals surface area contributed by atoms with Gasteiger partial charge in [-0.1, -0.05) is 6.07 Å². The Labute approximate surface area is 112 Å². The average molecular weight is 260 g/mol. The van der Waals surface area contributed by atoms with Gasteiger partial charge in [0.2, 0.25) is 0 Å². The van der Waals surface area contributed by atoms with Gasteiger partial charge >= 0.3 is 0 Å².